The van der Waals surface area contributed by atoms with Crippen molar-refractivity contribution in [1.82, 2.24) is 0 Å². The summed E-state index contributed by atoms with van der Waals surface area (Å²) in [6.45, 7) is 2.04. The third-order valence-corrected chi connectivity index (χ3v) is 2.49. The van der Waals surface area contributed by atoms with Gasteiger partial charge in [0.15, 0.2) is 0 Å². The molecule has 0 aliphatic rings. The molecule has 0 aliphatic heterocycles. The maximum Gasteiger partial charge on any atom is 0.336 e. The zero-order chi connectivity index (χ0) is 13.1. The van der Waals surface area contributed by atoms with Crippen molar-refractivity contribution in [3.63, 3.8) is 0 Å². The van der Waals surface area contributed by atoms with Gasteiger partial charge >= 0.3 is 11.6 Å². The van der Waals surface area contributed by atoms with Gasteiger partial charge in [-0.05, 0) is 24.6 Å². The third kappa shape index (κ3) is 2.51. The molecule has 94 valence electrons. The third-order valence-electron chi connectivity index (χ3n) is 2.49. The lowest BCUT2D eigenvalue weighted by molar-refractivity contribution is -0.142. The molecular formula is C13H13NO4. The summed E-state index contributed by atoms with van der Waals surface area (Å²) in [6, 6.07) is 6.28. The number of ether oxygens (including phenoxy) is 1. The van der Waals surface area contributed by atoms with Gasteiger partial charge in [0.05, 0.1) is 13.0 Å². The van der Waals surface area contributed by atoms with Crippen LogP contribution in [0.1, 0.15) is 12.5 Å². The minimum atomic E-state index is -0.507. The number of rotatable bonds is 3. The summed E-state index contributed by atoms with van der Waals surface area (Å²) in [5, 5.41) is 0.692. The van der Waals surface area contributed by atoms with Gasteiger partial charge < -0.3 is 14.9 Å². The van der Waals surface area contributed by atoms with Gasteiger partial charge in [-0.25, -0.2) is 4.79 Å². The molecule has 0 fully saturated rings. The number of benzene rings is 1. The highest BCUT2D eigenvalue weighted by molar-refractivity contribution is 5.86. The van der Waals surface area contributed by atoms with Crippen molar-refractivity contribution in [1.29, 1.82) is 0 Å². The van der Waals surface area contributed by atoms with E-state index in [2.05, 4.69) is 0 Å². The quantitative estimate of drug-likeness (QED) is 0.504. The second-order valence-corrected chi connectivity index (χ2v) is 3.83. The van der Waals surface area contributed by atoms with E-state index in [1.54, 1.807) is 25.1 Å². The molecule has 5 nitrogen and oxygen atoms in total. The van der Waals surface area contributed by atoms with Crippen LogP contribution in [-0.2, 0) is 16.0 Å². The highest BCUT2D eigenvalue weighted by atomic mass is 16.5. The Morgan fingerprint density at radius 1 is 1.39 bits per heavy atom. The molecule has 0 saturated heterocycles. The van der Waals surface area contributed by atoms with Crippen LogP contribution in [0.3, 0.4) is 0 Å². The molecule has 2 aromatic rings. The monoisotopic (exact) mass is 247 g/mol. The second-order valence-electron chi connectivity index (χ2n) is 3.83. The predicted molar refractivity (Wildman–Crippen MR) is 67.2 cm³/mol. The van der Waals surface area contributed by atoms with Crippen LogP contribution >= 0.6 is 0 Å². The number of anilines is 1. The first-order valence-corrected chi connectivity index (χ1v) is 5.58. The number of hydrogen-bond donors (Lipinski definition) is 1. The van der Waals surface area contributed by atoms with E-state index in [9.17, 15) is 9.59 Å². The van der Waals surface area contributed by atoms with Gasteiger partial charge in [0.2, 0.25) is 0 Å². The van der Waals surface area contributed by atoms with Crippen LogP contribution in [-0.4, -0.2) is 12.6 Å². The van der Waals surface area contributed by atoms with E-state index >= 15 is 0 Å². The Bertz CT molecular complexity index is 645. The van der Waals surface area contributed by atoms with Crippen molar-refractivity contribution in [2.24, 2.45) is 0 Å². The second kappa shape index (κ2) is 4.91. The van der Waals surface area contributed by atoms with Crippen molar-refractivity contribution in [2.45, 2.75) is 13.3 Å². The van der Waals surface area contributed by atoms with Crippen LogP contribution in [0.15, 0.2) is 33.5 Å². The SMILES string of the molecule is CCOC(=O)Cc1cc(=O)oc2cc(N)ccc12. The minimum absolute atomic E-state index is 0.0415. The molecule has 0 aliphatic carbocycles. The molecule has 5 heteroatoms. The average Bonchev–Trinajstić information content (AvgIpc) is 2.28. The van der Waals surface area contributed by atoms with Crippen LogP contribution in [0.25, 0.3) is 11.0 Å². The number of hydrogen-bond acceptors (Lipinski definition) is 5. The Labute approximate surface area is 103 Å². The number of esters is 1. The number of nitrogen functional groups attached to an aromatic ring is 1. The van der Waals surface area contributed by atoms with Crippen molar-refractivity contribution in [3.8, 4) is 0 Å². The van der Waals surface area contributed by atoms with E-state index in [0.29, 0.717) is 28.8 Å². The van der Waals surface area contributed by atoms with E-state index in [-0.39, 0.29) is 12.4 Å². The lowest BCUT2D eigenvalue weighted by atomic mass is 10.1. The lowest BCUT2D eigenvalue weighted by Crippen LogP contribution is -2.10. The highest BCUT2D eigenvalue weighted by Gasteiger charge is 2.10. The summed E-state index contributed by atoms with van der Waals surface area (Å²) in [5.41, 5.74) is 6.57. The number of carbonyl (C=O) groups excluding carboxylic acids is 1. The van der Waals surface area contributed by atoms with Crippen molar-refractivity contribution in [2.75, 3.05) is 12.3 Å². The lowest BCUT2D eigenvalue weighted by Gasteiger charge is -2.05. The standard InChI is InChI=1S/C13H13NO4/c1-2-17-12(15)5-8-6-13(16)18-11-7-9(14)3-4-10(8)11/h3-4,6-7H,2,5,14H2,1H3. The maximum atomic E-state index is 11.5. The van der Waals surface area contributed by atoms with Crippen molar-refractivity contribution >= 4 is 22.6 Å². The molecule has 0 spiro atoms. The average molecular weight is 247 g/mol. The molecule has 0 radical (unpaired) electrons. The van der Waals surface area contributed by atoms with Gasteiger partial charge in [0, 0.05) is 23.2 Å². The summed E-state index contributed by atoms with van der Waals surface area (Å²) < 4.78 is 9.90. The highest BCUT2D eigenvalue weighted by Crippen LogP contribution is 2.20. The fourth-order valence-electron chi connectivity index (χ4n) is 1.76. The van der Waals surface area contributed by atoms with Crippen molar-refractivity contribution < 1.29 is 13.9 Å². The predicted octanol–water partition coefficient (Wildman–Crippen LogP) is 1.48. The van der Waals surface area contributed by atoms with E-state index in [1.807, 2.05) is 0 Å². The van der Waals surface area contributed by atoms with E-state index < -0.39 is 5.63 Å². The first kappa shape index (κ1) is 12.2. The fraction of sp³-hybridized carbons (Fsp3) is 0.231. The van der Waals surface area contributed by atoms with Gasteiger partial charge in [-0.3, -0.25) is 4.79 Å². The Hall–Kier alpha value is -2.30. The van der Waals surface area contributed by atoms with E-state index in [1.165, 1.54) is 6.07 Å². The molecule has 1 aromatic heterocycles. The number of nitrogens with two attached hydrogens (primary N) is 1. The number of fused-ring (bicyclic) bond motifs is 1. The zero-order valence-electron chi connectivity index (χ0n) is 9.93. The molecule has 0 amide bonds. The molecule has 2 rings (SSSR count). The van der Waals surface area contributed by atoms with Crippen LogP contribution in [0, 0.1) is 0 Å². The van der Waals surface area contributed by atoms with Gasteiger partial charge in [-0.2, -0.15) is 0 Å². The van der Waals surface area contributed by atoms with Crippen molar-refractivity contribution in [3.05, 3.63) is 40.2 Å². The summed E-state index contributed by atoms with van der Waals surface area (Å²) in [5.74, 6) is -0.374. The van der Waals surface area contributed by atoms with Gasteiger partial charge in [-0.15, -0.1) is 0 Å². The smallest absolute Gasteiger partial charge is 0.336 e. The van der Waals surface area contributed by atoms with Gasteiger partial charge in [0.1, 0.15) is 5.58 Å². The van der Waals surface area contributed by atoms with Crippen LogP contribution in [0.2, 0.25) is 0 Å². The zero-order valence-corrected chi connectivity index (χ0v) is 9.93. The summed E-state index contributed by atoms with van der Waals surface area (Å²) in [7, 11) is 0. The minimum Gasteiger partial charge on any atom is -0.466 e. The largest absolute Gasteiger partial charge is 0.466 e. The molecule has 18 heavy (non-hydrogen) atoms. The molecule has 0 unspecified atom stereocenters. The molecule has 0 saturated carbocycles. The fourth-order valence-corrected chi connectivity index (χ4v) is 1.76. The van der Waals surface area contributed by atoms with Crippen LogP contribution in [0.5, 0.6) is 0 Å². The Kier molecular flexibility index (Phi) is 3.32. The molecule has 0 atom stereocenters. The van der Waals surface area contributed by atoms with Crippen LogP contribution < -0.4 is 11.4 Å². The summed E-state index contributed by atoms with van der Waals surface area (Å²) >= 11 is 0. The molecule has 2 N–H and O–H groups in total. The van der Waals surface area contributed by atoms with E-state index in [0.717, 1.165) is 0 Å². The molecule has 1 heterocycles. The van der Waals surface area contributed by atoms with Crippen LogP contribution in [0.4, 0.5) is 5.69 Å². The van der Waals surface area contributed by atoms with Gasteiger partial charge in [-0.1, -0.05) is 0 Å². The maximum absolute atomic E-state index is 11.5. The first-order valence-electron chi connectivity index (χ1n) is 5.58. The molecule has 1 aromatic carbocycles. The summed E-state index contributed by atoms with van der Waals surface area (Å²) in [4.78, 5) is 22.9. The topological polar surface area (TPSA) is 82.5 Å². The van der Waals surface area contributed by atoms with E-state index in [4.69, 9.17) is 14.9 Å². The first-order chi connectivity index (χ1) is 8.60. The molecular weight excluding hydrogens is 234 g/mol. The normalized spacial score (nSPS) is 10.5. The number of carbonyl (C=O) groups is 1. The summed E-state index contributed by atoms with van der Waals surface area (Å²) in [6.07, 6.45) is 0.0415. The van der Waals surface area contributed by atoms with Gasteiger partial charge in [0.25, 0.3) is 0 Å². The Balaban J connectivity index is 2.49. The molecule has 0 bridgehead atoms. The Morgan fingerprint density at radius 3 is 2.89 bits per heavy atom. The Morgan fingerprint density at radius 2 is 2.17 bits per heavy atom.